The van der Waals surface area contributed by atoms with E-state index in [0.29, 0.717) is 23.7 Å². The van der Waals surface area contributed by atoms with Gasteiger partial charge in [0.05, 0.1) is 17.6 Å². The van der Waals surface area contributed by atoms with Crippen LogP contribution in [0.25, 0.3) is 5.69 Å². The van der Waals surface area contributed by atoms with E-state index in [-0.39, 0.29) is 11.5 Å². The van der Waals surface area contributed by atoms with Crippen molar-refractivity contribution in [2.24, 2.45) is 0 Å². The number of ether oxygens (including phenoxy) is 1. The molecule has 2 N–H and O–H groups in total. The molecule has 1 aromatic carbocycles. The van der Waals surface area contributed by atoms with Crippen LogP contribution in [0.5, 0.6) is 0 Å². The maximum atomic E-state index is 12.2. The van der Waals surface area contributed by atoms with E-state index in [1.54, 1.807) is 38.1 Å². The number of nitrogens with zero attached hydrogens (tertiary/aromatic N) is 2. The van der Waals surface area contributed by atoms with Crippen molar-refractivity contribution in [1.82, 2.24) is 9.78 Å². The summed E-state index contributed by atoms with van der Waals surface area (Å²) in [5, 5.41) is 16.0. The molecule has 134 valence electrons. The number of carbonyl (C=O) groups excluding carboxylic acids is 1. The van der Waals surface area contributed by atoms with Crippen LogP contribution < -0.4 is 5.32 Å². The Morgan fingerprint density at radius 3 is 2.80 bits per heavy atom. The first-order valence-electron chi connectivity index (χ1n) is 8.24. The van der Waals surface area contributed by atoms with Gasteiger partial charge in [0, 0.05) is 12.3 Å². The van der Waals surface area contributed by atoms with E-state index in [4.69, 9.17) is 9.84 Å². The minimum atomic E-state index is -1.02. The van der Waals surface area contributed by atoms with Crippen LogP contribution in [0, 0.1) is 6.92 Å². The summed E-state index contributed by atoms with van der Waals surface area (Å²) in [5.74, 6) is -1.25. The molecule has 0 bridgehead atoms. The highest BCUT2D eigenvalue weighted by molar-refractivity contribution is 5.94. The molecule has 0 saturated heterocycles. The Hall–Kier alpha value is -2.67. The summed E-state index contributed by atoms with van der Waals surface area (Å²) in [5.41, 5.74) is 1.93. The van der Waals surface area contributed by atoms with Crippen molar-refractivity contribution in [3.05, 3.63) is 41.7 Å². The lowest BCUT2D eigenvalue weighted by Crippen LogP contribution is -2.28. The number of aromatic carboxylic acids is 1. The zero-order valence-corrected chi connectivity index (χ0v) is 14.7. The number of carboxylic acid groups (broad SMARTS) is 1. The van der Waals surface area contributed by atoms with Crippen LogP contribution >= 0.6 is 0 Å². The normalized spacial score (nSPS) is 12.0. The number of aromatic nitrogens is 2. The minimum Gasteiger partial charge on any atom is -0.478 e. The number of rotatable bonds is 8. The van der Waals surface area contributed by atoms with Crippen molar-refractivity contribution in [3.63, 3.8) is 0 Å². The Bertz CT molecular complexity index is 755. The van der Waals surface area contributed by atoms with Crippen molar-refractivity contribution in [3.8, 4) is 5.69 Å². The molecular formula is C18H23N3O4. The van der Waals surface area contributed by atoms with E-state index in [1.807, 2.05) is 0 Å². The van der Waals surface area contributed by atoms with Crippen LogP contribution in [0.2, 0.25) is 0 Å². The average Bonchev–Trinajstić information content (AvgIpc) is 2.97. The Balaban J connectivity index is 2.11. The van der Waals surface area contributed by atoms with Crippen LogP contribution in [0.1, 0.15) is 42.7 Å². The topological polar surface area (TPSA) is 93.5 Å². The van der Waals surface area contributed by atoms with Gasteiger partial charge in [-0.15, -0.1) is 0 Å². The number of anilines is 1. The summed E-state index contributed by atoms with van der Waals surface area (Å²) >= 11 is 0. The van der Waals surface area contributed by atoms with Crippen LogP contribution in [0.4, 0.5) is 5.69 Å². The van der Waals surface area contributed by atoms with Crippen molar-refractivity contribution in [1.29, 1.82) is 0 Å². The molecule has 0 saturated carbocycles. The molecule has 0 spiro atoms. The van der Waals surface area contributed by atoms with Gasteiger partial charge >= 0.3 is 5.97 Å². The first-order chi connectivity index (χ1) is 11.9. The fourth-order valence-corrected chi connectivity index (χ4v) is 2.32. The average molecular weight is 345 g/mol. The predicted molar refractivity (Wildman–Crippen MR) is 94.2 cm³/mol. The fraction of sp³-hybridized carbons (Fsp3) is 0.389. The maximum Gasteiger partial charge on any atom is 0.339 e. The molecule has 1 amide bonds. The maximum absolute atomic E-state index is 12.2. The summed E-state index contributed by atoms with van der Waals surface area (Å²) in [6, 6.07) is 7.07. The predicted octanol–water partition coefficient (Wildman–Crippen LogP) is 3.02. The highest BCUT2D eigenvalue weighted by Crippen LogP contribution is 2.18. The molecule has 0 aliphatic rings. The molecule has 1 atom stereocenters. The highest BCUT2D eigenvalue weighted by Gasteiger charge is 2.16. The zero-order chi connectivity index (χ0) is 18.4. The molecular weight excluding hydrogens is 322 g/mol. The number of benzene rings is 1. The monoisotopic (exact) mass is 345 g/mol. The molecule has 1 heterocycles. The molecule has 25 heavy (non-hydrogen) atoms. The smallest absolute Gasteiger partial charge is 0.339 e. The zero-order valence-electron chi connectivity index (χ0n) is 14.7. The van der Waals surface area contributed by atoms with Gasteiger partial charge in [0.1, 0.15) is 11.7 Å². The van der Waals surface area contributed by atoms with Crippen LogP contribution in [0.15, 0.2) is 30.5 Å². The van der Waals surface area contributed by atoms with Crippen molar-refractivity contribution in [2.75, 3.05) is 11.9 Å². The van der Waals surface area contributed by atoms with Gasteiger partial charge in [0.25, 0.3) is 5.91 Å². The third-order valence-corrected chi connectivity index (χ3v) is 3.83. The molecule has 2 rings (SSSR count). The van der Waals surface area contributed by atoms with Crippen LogP contribution in [-0.4, -0.2) is 39.5 Å². The molecule has 7 nitrogen and oxygen atoms in total. The van der Waals surface area contributed by atoms with E-state index in [2.05, 4.69) is 17.3 Å². The molecule has 0 aliphatic heterocycles. The Morgan fingerprint density at radius 1 is 1.40 bits per heavy atom. The van der Waals surface area contributed by atoms with Gasteiger partial charge in [-0.1, -0.05) is 19.4 Å². The van der Waals surface area contributed by atoms with E-state index in [0.717, 1.165) is 12.8 Å². The number of hydrogen-bond donors (Lipinski definition) is 2. The summed E-state index contributed by atoms with van der Waals surface area (Å²) in [6.07, 6.45) is 2.70. The SMILES string of the molecule is CCCCOC(C)C(=O)Nc1cccc(-n2ncc(C(=O)O)c2C)c1. The molecule has 0 aliphatic carbocycles. The van der Waals surface area contributed by atoms with Gasteiger partial charge in [0.2, 0.25) is 0 Å². The number of nitrogens with one attached hydrogen (secondary N) is 1. The van der Waals surface area contributed by atoms with Gasteiger partial charge in [0.15, 0.2) is 0 Å². The Morgan fingerprint density at radius 2 is 2.16 bits per heavy atom. The van der Waals surface area contributed by atoms with Crippen LogP contribution in [0.3, 0.4) is 0 Å². The lowest BCUT2D eigenvalue weighted by Gasteiger charge is -2.14. The summed E-state index contributed by atoms with van der Waals surface area (Å²) in [6.45, 7) is 6.01. The molecule has 1 aromatic heterocycles. The summed E-state index contributed by atoms with van der Waals surface area (Å²) in [7, 11) is 0. The number of carboxylic acids is 1. The fourth-order valence-electron chi connectivity index (χ4n) is 2.32. The van der Waals surface area contributed by atoms with E-state index < -0.39 is 12.1 Å². The van der Waals surface area contributed by atoms with Gasteiger partial charge in [-0.05, 0) is 38.5 Å². The number of unbranched alkanes of at least 4 members (excludes halogenated alkanes) is 1. The van der Waals surface area contributed by atoms with E-state index >= 15 is 0 Å². The second-order valence-corrected chi connectivity index (χ2v) is 5.77. The number of amides is 1. The van der Waals surface area contributed by atoms with Crippen molar-refractivity contribution >= 4 is 17.6 Å². The molecule has 2 aromatic rings. The third kappa shape index (κ3) is 4.67. The second kappa shape index (κ2) is 8.43. The van der Waals surface area contributed by atoms with Crippen LogP contribution in [-0.2, 0) is 9.53 Å². The molecule has 1 unspecified atom stereocenters. The minimum absolute atomic E-state index is 0.146. The third-order valence-electron chi connectivity index (χ3n) is 3.83. The largest absolute Gasteiger partial charge is 0.478 e. The highest BCUT2D eigenvalue weighted by atomic mass is 16.5. The van der Waals surface area contributed by atoms with Gasteiger partial charge < -0.3 is 15.2 Å². The van der Waals surface area contributed by atoms with Gasteiger partial charge in [-0.25, -0.2) is 9.48 Å². The van der Waals surface area contributed by atoms with Gasteiger partial charge in [-0.3, -0.25) is 4.79 Å². The number of carbonyl (C=O) groups is 2. The lowest BCUT2D eigenvalue weighted by atomic mass is 10.2. The molecule has 0 fully saturated rings. The first-order valence-corrected chi connectivity index (χ1v) is 8.24. The molecule has 0 radical (unpaired) electrons. The Labute approximate surface area is 146 Å². The number of hydrogen-bond acceptors (Lipinski definition) is 4. The van der Waals surface area contributed by atoms with Crippen molar-refractivity contribution < 1.29 is 19.4 Å². The first kappa shape index (κ1) is 18.7. The van der Waals surface area contributed by atoms with Gasteiger partial charge in [-0.2, -0.15) is 5.10 Å². The standard InChI is InChI=1S/C18H23N3O4/c1-4-5-9-25-13(3)17(22)20-14-7-6-8-15(10-14)21-12(2)16(11-19-21)18(23)24/h6-8,10-11,13H,4-5,9H2,1-3H3,(H,20,22)(H,23,24). The summed E-state index contributed by atoms with van der Waals surface area (Å²) in [4.78, 5) is 23.3. The Kier molecular flexibility index (Phi) is 6.30. The van der Waals surface area contributed by atoms with E-state index in [1.165, 1.54) is 10.9 Å². The summed E-state index contributed by atoms with van der Waals surface area (Å²) < 4.78 is 7.01. The molecule has 7 heteroatoms. The lowest BCUT2D eigenvalue weighted by molar-refractivity contribution is -0.126. The van der Waals surface area contributed by atoms with E-state index in [9.17, 15) is 9.59 Å². The quantitative estimate of drug-likeness (QED) is 0.717. The van der Waals surface area contributed by atoms with Crippen molar-refractivity contribution in [2.45, 2.75) is 39.7 Å². The second-order valence-electron chi connectivity index (χ2n) is 5.77.